The van der Waals surface area contributed by atoms with Gasteiger partial charge in [-0.05, 0) is 45.2 Å². The van der Waals surface area contributed by atoms with E-state index >= 15 is 0 Å². The topological polar surface area (TPSA) is 174 Å². The summed E-state index contributed by atoms with van der Waals surface area (Å²) in [5, 5.41) is 30.8. The van der Waals surface area contributed by atoms with Gasteiger partial charge in [-0.1, -0.05) is 150 Å². The fourth-order valence-corrected chi connectivity index (χ4v) is 2.99. The molecule has 1 saturated heterocycles. The molecule has 0 unspecified atom stereocenters. The van der Waals surface area contributed by atoms with Gasteiger partial charge in [0.1, 0.15) is 5.69 Å². The number of morpholine rings is 1. The Bertz CT molecular complexity index is 953. The van der Waals surface area contributed by atoms with Crippen LogP contribution >= 0.6 is 0 Å². The number of aryl methyl sites for hydroxylation is 2. The summed E-state index contributed by atoms with van der Waals surface area (Å²) in [7, 11) is -3.11. The van der Waals surface area contributed by atoms with Gasteiger partial charge in [0, 0.05) is 61.0 Å². The van der Waals surface area contributed by atoms with Gasteiger partial charge in [0.25, 0.3) is 0 Å². The molecule has 0 spiro atoms. The smallest absolute Gasteiger partial charge is 0.397 e. The molecule has 3 radical (unpaired) electrons. The average Bonchev–Trinajstić information content (AvgIpc) is 3.64. The molecule has 1 aliphatic rings. The predicted molar refractivity (Wildman–Crippen MR) is 269 cm³/mol. The summed E-state index contributed by atoms with van der Waals surface area (Å²) >= 11 is 0. The van der Waals surface area contributed by atoms with Crippen LogP contribution in [0.1, 0.15) is 171 Å². The molecule has 0 atom stereocenters. The van der Waals surface area contributed by atoms with Gasteiger partial charge in [0.05, 0.1) is 39.2 Å². The van der Waals surface area contributed by atoms with Crippen molar-refractivity contribution >= 4 is 19.0 Å². The Morgan fingerprint density at radius 1 is 0.705 bits per heavy atom. The molecule has 0 saturated carbocycles. The minimum absolute atomic E-state index is 0. The quantitative estimate of drug-likeness (QED) is 0.113. The van der Waals surface area contributed by atoms with E-state index in [1.165, 1.54) is 11.1 Å². The summed E-state index contributed by atoms with van der Waals surface area (Å²) in [5.41, 5.74) is 3.47. The van der Waals surface area contributed by atoms with E-state index in [2.05, 4.69) is 48.1 Å². The fourth-order valence-electron chi connectivity index (χ4n) is 2.99. The van der Waals surface area contributed by atoms with Crippen LogP contribution in [-0.4, -0.2) is 122 Å². The monoisotopic (exact) mass is 916 g/mol. The minimum Gasteiger partial charge on any atom is -0.397 e. The molecule has 1 aromatic carbocycles. The van der Waals surface area contributed by atoms with Gasteiger partial charge in [-0.2, -0.15) is 6.42 Å². The molecule has 0 amide bonds. The van der Waals surface area contributed by atoms with Gasteiger partial charge in [0.2, 0.25) is 0 Å². The third-order valence-corrected chi connectivity index (χ3v) is 4.75. The Labute approximate surface area is 409 Å². The molecule has 373 valence electrons. The van der Waals surface area contributed by atoms with Crippen molar-refractivity contribution in [2.45, 2.75) is 181 Å². The zero-order chi connectivity index (χ0) is 43.1. The van der Waals surface area contributed by atoms with Crippen molar-refractivity contribution in [1.82, 2.24) is 19.9 Å². The predicted octanol–water partition coefficient (Wildman–Crippen LogP) is 7.84. The summed E-state index contributed by atoms with van der Waals surface area (Å²) in [5.74, 6) is 0. The molecule has 0 aliphatic carbocycles. The maximum atomic E-state index is 8.44. The van der Waals surface area contributed by atoms with E-state index in [0.717, 1.165) is 71.1 Å². The Kier molecular flexibility index (Phi) is 199. The Morgan fingerprint density at radius 3 is 1.44 bits per heavy atom. The Hall–Kier alpha value is -1.24. The van der Waals surface area contributed by atoms with E-state index in [9.17, 15) is 0 Å². The number of rotatable bonds is 11. The Morgan fingerprint density at radius 2 is 1.08 bits per heavy atom. The second-order valence-electron chi connectivity index (χ2n) is 8.46. The van der Waals surface area contributed by atoms with Crippen molar-refractivity contribution in [3.63, 3.8) is 0 Å². The van der Waals surface area contributed by atoms with Gasteiger partial charge in [-0.3, -0.25) is 9.58 Å². The SMILES string of the molecule is C.C.C.C.C.C.CC.CC.CC.CC.CC.CCCn1cc(COCCN2CCOCC2)nn1.CCO.CCO.CCO.O=S(=O)=O.[B].[CH2-]CCOCc1ccccc1C.[Na+]. The second-order valence-corrected chi connectivity index (χ2v) is 8.87. The normalized spacial score (nSPS) is 8.84. The third kappa shape index (κ3) is 109. The molecular formula is C45H109BN4NaO9S. The standard InChI is InChI=1S/C12H22N4O2.C11H15O.3C2H6O.5C2H6.6CH4.B.Na.O3S/c1-2-3-16-10-12(13-14-16)11-18-9-6-15-4-7-17-8-5-15;1-3-8-12-9-11-7-5-4-6-10(11)2;3*1-2-3;5*1-2;;;;;;;;;1-4(2)3/h10H,2-9,11H2,1H3;4-7H,1,3,8-9H2,2H3;3*3H,2H2,1H3;5*1-2H3;6*1H4;;;/q;-1;;;;;;;;;;;;;;;;+1;. The molecule has 1 aromatic heterocycles. The molecular weight excluding hydrogens is 806 g/mol. The van der Waals surface area contributed by atoms with Gasteiger partial charge in [-0.25, -0.2) is 0 Å². The fraction of sp³-hybridized carbons (Fsp3) is 0.800. The first kappa shape index (κ1) is 108. The van der Waals surface area contributed by atoms with Crippen LogP contribution in [0.5, 0.6) is 0 Å². The second kappa shape index (κ2) is 112. The first-order valence-electron chi connectivity index (χ1n) is 19.5. The molecule has 0 bridgehead atoms. The van der Waals surface area contributed by atoms with Crippen LogP contribution in [-0.2, 0) is 44.6 Å². The van der Waals surface area contributed by atoms with Crippen molar-refractivity contribution in [2.75, 3.05) is 65.9 Å². The van der Waals surface area contributed by atoms with Gasteiger partial charge in [0.15, 0.2) is 0 Å². The number of nitrogens with zero attached hydrogens (tertiary/aromatic N) is 4. The van der Waals surface area contributed by atoms with Gasteiger partial charge < -0.3 is 36.5 Å². The van der Waals surface area contributed by atoms with E-state index in [1.807, 2.05) is 92.2 Å². The van der Waals surface area contributed by atoms with Crippen molar-refractivity contribution < 1.29 is 71.7 Å². The van der Waals surface area contributed by atoms with Crippen LogP contribution in [0.2, 0.25) is 0 Å². The number of aliphatic hydroxyl groups excluding tert-OH is 3. The molecule has 1 fully saturated rings. The van der Waals surface area contributed by atoms with E-state index in [0.29, 0.717) is 13.2 Å². The minimum atomic E-state index is -3.11. The number of aliphatic hydroxyl groups is 3. The molecule has 3 N–H and O–H groups in total. The first-order chi connectivity index (χ1) is 25.7. The number of hydrogen-bond acceptors (Lipinski definition) is 12. The summed E-state index contributed by atoms with van der Waals surface area (Å²) < 4.78 is 43.5. The zero-order valence-corrected chi connectivity index (χ0v) is 41.1. The summed E-state index contributed by atoms with van der Waals surface area (Å²) in [6, 6.07) is 8.28. The van der Waals surface area contributed by atoms with E-state index in [1.54, 1.807) is 20.8 Å². The van der Waals surface area contributed by atoms with Gasteiger partial charge >= 0.3 is 40.2 Å². The molecule has 3 rings (SSSR count). The van der Waals surface area contributed by atoms with Crippen molar-refractivity contribution in [3.8, 4) is 0 Å². The van der Waals surface area contributed by atoms with Gasteiger partial charge in [-0.15, -0.1) is 17.7 Å². The summed E-state index contributed by atoms with van der Waals surface area (Å²) in [6.45, 7) is 42.1. The van der Waals surface area contributed by atoms with Crippen LogP contribution in [0.3, 0.4) is 0 Å². The molecule has 1 aliphatic heterocycles. The van der Waals surface area contributed by atoms with Crippen LogP contribution in [0, 0.1) is 13.8 Å². The number of aromatic nitrogens is 3. The van der Waals surface area contributed by atoms with Crippen LogP contribution < -0.4 is 29.6 Å². The van der Waals surface area contributed by atoms with E-state index in [-0.39, 0.29) is 102 Å². The summed E-state index contributed by atoms with van der Waals surface area (Å²) in [4.78, 5) is 2.36. The molecule has 2 aromatic rings. The first-order valence-corrected chi connectivity index (χ1v) is 20.5. The average molecular weight is 916 g/mol. The third-order valence-electron chi connectivity index (χ3n) is 4.75. The largest absolute Gasteiger partial charge is 1.00 e. The number of ether oxygens (including phenoxy) is 3. The number of hydrogen-bond donors (Lipinski definition) is 3. The molecule has 13 nitrogen and oxygen atoms in total. The molecule has 2 heterocycles. The Balaban J connectivity index is -0.0000000298. The number of benzene rings is 1. The maximum absolute atomic E-state index is 8.44. The summed E-state index contributed by atoms with van der Waals surface area (Å²) in [6.07, 6.45) is 3.87. The molecule has 16 heteroatoms. The maximum Gasteiger partial charge on any atom is 1.00 e. The van der Waals surface area contributed by atoms with Crippen molar-refractivity contribution in [3.05, 3.63) is 54.2 Å². The molecule has 61 heavy (non-hydrogen) atoms. The zero-order valence-electron chi connectivity index (χ0n) is 38.3. The van der Waals surface area contributed by atoms with Crippen LogP contribution in [0.4, 0.5) is 0 Å². The van der Waals surface area contributed by atoms with E-state index in [4.69, 9.17) is 42.2 Å². The van der Waals surface area contributed by atoms with Crippen LogP contribution in [0.25, 0.3) is 0 Å². The van der Waals surface area contributed by atoms with Crippen molar-refractivity contribution in [2.24, 2.45) is 0 Å². The van der Waals surface area contributed by atoms with Crippen LogP contribution in [0.15, 0.2) is 30.5 Å². The van der Waals surface area contributed by atoms with E-state index < -0.39 is 10.6 Å². The van der Waals surface area contributed by atoms with Crippen molar-refractivity contribution in [1.29, 1.82) is 0 Å².